The number of rotatable bonds is 7. The van der Waals surface area contributed by atoms with Crippen molar-refractivity contribution in [2.75, 3.05) is 32.6 Å². The number of hydrazine groups is 1. The Hall–Kier alpha value is -3.39. The van der Waals surface area contributed by atoms with Crippen LogP contribution in [0.3, 0.4) is 0 Å². The number of quaternary nitrogens is 1. The minimum absolute atomic E-state index is 0.0328. The second-order valence-electron chi connectivity index (χ2n) is 5.96. The van der Waals surface area contributed by atoms with Crippen molar-refractivity contribution in [1.82, 2.24) is 10.9 Å². The molecule has 2 aromatic rings. The van der Waals surface area contributed by atoms with E-state index < -0.39 is 11.8 Å². The highest BCUT2D eigenvalue weighted by molar-refractivity contribution is 5.95. The molecule has 0 aliphatic rings. The minimum Gasteiger partial charge on any atom is -0.497 e. The van der Waals surface area contributed by atoms with Crippen LogP contribution < -0.4 is 25.8 Å². The maximum absolute atomic E-state index is 12.0. The Balaban J connectivity index is 1.72. The molecule has 2 rings (SSSR count). The van der Waals surface area contributed by atoms with E-state index in [1.165, 1.54) is 0 Å². The van der Waals surface area contributed by atoms with Crippen LogP contribution in [-0.4, -0.2) is 45.0 Å². The molecule has 0 aliphatic carbocycles. The van der Waals surface area contributed by atoms with Crippen molar-refractivity contribution >= 4 is 23.4 Å². The van der Waals surface area contributed by atoms with Crippen LogP contribution in [0.1, 0.15) is 10.4 Å². The van der Waals surface area contributed by atoms with Crippen LogP contribution >= 0.6 is 0 Å². The van der Waals surface area contributed by atoms with E-state index in [0.29, 0.717) is 21.9 Å². The zero-order valence-corrected chi connectivity index (χ0v) is 15.2. The highest BCUT2D eigenvalue weighted by Gasteiger charge is 2.15. The van der Waals surface area contributed by atoms with Gasteiger partial charge in [-0.05, 0) is 36.4 Å². The van der Waals surface area contributed by atoms with Gasteiger partial charge in [-0.1, -0.05) is 18.2 Å². The molecule has 0 saturated carbocycles. The number of amides is 3. The monoisotopic (exact) mass is 371 g/mol. The van der Waals surface area contributed by atoms with Crippen LogP contribution in [0.25, 0.3) is 0 Å². The summed E-state index contributed by atoms with van der Waals surface area (Å²) in [6.45, 7) is 0.136. The maximum atomic E-state index is 12.0. The summed E-state index contributed by atoms with van der Waals surface area (Å²) in [5, 5.41) is 2.75. The first-order valence-electron chi connectivity index (χ1n) is 8.37. The summed E-state index contributed by atoms with van der Waals surface area (Å²) in [4.78, 5) is 36.5. The normalized spacial score (nSPS) is 11.2. The number of ether oxygens (including phenoxy) is 1. The molecule has 8 heteroatoms. The van der Waals surface area contributed by atoms with Gasteiger partial charge in [0.1, 0.15) is 5.75 Å². The van der Waals surface area contributed by atoms with E-state index in [1.807, 2.05) is 0 Å². The number of nitrogens with one attached hydrogen (secondary N) is 4. The Morgan fingerprint density at radius 3 is 2.15 bits per heavy atom. The number of anilines is 1. The molecule has 27 heavy (non-hydrogen) atoms. The lowest BCUT2D eigenvalue weighted by Gasteiger charge is -2.14. The summed E-state index contributed by atoms with van der Waals surface area (Å²) >= 11 is 0. The van der Waals surface area contributed by atoms with Gasteiger partial charge in [0.05, 0.1) is 14.2 Å². The quantitative estimate of drug-likeness (QED) is 0.498. The molecule has 1 atom stereocenters. The lowest BCUT2D eigenvalue weighted by molar-refractivity contribution is -0.862. The average Bonchev–Trinajstić information content (AvgIpc) is 2.67. The zero-order valence-electron chi connectivity index (χ0n) is 15.2. The van der Waals surface area contributed by atoms with E-state index in [4.69, 9.17) is 4.74 Å². The summed E-state index contributed by atoms with van der Waals surface area (Å²) in [7, 11) is 3.28. The molecule has 1 unspecified atom stereocenters. The summed E-state index contributed by atoms with van der Waals surface area (Å²) in [5.41, 5.74) is 5.77. The first kappa shape index (κ1) is 19.9. The lowest BCUT2D eigenvalue weighted by Crippen LogP contribution is -3.11. The van der Waals surface area contributed by atoms with Gasteiger partial charge < -0.3 is 15.0 Å². The molecule has 8 nitrogen and oxygen atoms in total. The number of likely N-dealkylation sites (N-methyl/N-ethyl adjacent to an activating group) is 1. The van der Waals surface area contributed by atoms with Crippen LogP contribution in [-0.2, 0) is 9.59 Å². The van der Waals surface area contributed by atoms with Gasteiger partial charge in [0.25, 0.3) is 17.7 Å². The van der Waals surface area contributed by atoms with E-state index in [-0.39, 0.29) is 19.0 Å². The lowest BCUT2D eigenvalue weighted by atomic mass is 10.2. The Kier molecular flexibility index (Phi) is 7.33. The maximum Gasteiger partial charge on any atom is 0.293 e. The van der Waals surface area contributed by atoms with E-state index in [0.717, 1.165) is 0 Å². The van der Waals surface area contributed by atoms with Crippen molar-refractivity contribution in [3.05, 3.63) is 60.2 Å². The Morgan fingerprint density at radius 1 is 0.889 bits per heavy atom. The molecule has 4 N–H and O–H groups in total. The molecule has 0 heterocycles. The number of benzene rings is 2. The summed E-state index contributed by atoms with van der Waals surface area (Å²) < 4.78 is 5.06. The molecule has 0 bridgehead atoms. The highest BCUT2D eigenvalue weighted by atomic mass is 16.5. The molecular formula is C19H23N4O4+. The second kappa shape index (κ2) is 9.93. The third kappa shape index (κ3) is 6.79. The topological polar surface area (TPSA) is 101 Å². The van der Waals surface area contributed by atoms with Gasteiger partial charge in [-0.3, -0.25) is 25.2 Å². The SMILES string of the molecule is COc1ccc(NC(=O)C[NH+](C)CC(=O)NNC(=O)c2ccccc2)cc1. The van der Waals surface area contributed by atoms with Crippen molar-refractivity contribution < 1.29 is 24.0 Å². The molecule has 142 valence electrons. The van der Waals surface area contributed by atoms with Crippen LogP contribution in [0, 0.1) is 0 Å². The van der Waals surface area contributed by atoms with Gasteiger partial charge in [-0.15, -0.1) is 0 Å². The minimum atomic E-state index is -0.404. The molecule has 0 saturated heterocycles. The third-order valence-electron chi connectivity index (χ3n) is 3.65. The molecule has 0 spiro atoms. The van der Waals surface area contributed by atoms with Crippen molar-refractivity contribution in [1.29, 1.82) is 0 Å². The Bertz CT molecular complexity index is 778. The van der Waals surface area contributed by atoms with Gasteiger partial charge in [-0.2, -0.15) is 0 Å². The fraction of sp³-hybridized carbons (Fsp3) is 0.211. The number of methoxy groups -OCH3 is 1. The molecule has 0 aliphatic heterocycles. The van der Waals surface area contributed by atoms with Gasteiger partial charge in [0, 0.05) is 11.3 Å². The van der Waals surface area contributed by atoms with Crippen LogP contribution in [0.15, 0.2) is 54.6 Å². The fourth-order valence-corrected chi connectivity index (χ4v) is 2.32. The Morgan fingerprint density at radius 2 is 1.52 bits per heavy atom. The number of hydrogen-bond acceptors (Lipinski definition) is 4. The van der Waals surface area contributed by atoms with E-state index >= 15 is 0 Å². The number of carbonyl (C=O) groups is 3. The fourth-order valence-electron chi connectivity index (χ4n) is 2.32. The van der Waals surface area contributed by atoms with Crippen LogP contribution in [0.5, 0.6) is 5.75 Å². The van der Waals surface area contributed by atoms with Gasteiger partial charge >= 0.3 is 0 Å². The van der Waals surface area contributed by atoms with Crippen LogP contribution in [0.4, 0.5) is 5.69 Å². The second-order valence-corrected chi connectivity index (χ2v) is 5.96. The predicted octanol–water partition coefficient (Wildman–Crippen LogP) is -0.390. The first-order chi connectivity index (χ1) is 13.0. The molecule has 3 amide bonds. The smallest absolute Gasteiger partial charge is 0.293 e. The average molecular weight is 371 g/mol. The Labute approximate surface area is 157 Å². The van der Waals surface area contributed by atoms with E-state index in [9.17, 15) is 14.4 Å². The van der Waals surface area contributed by atoms with Gasteiger partial charge in [0.2, 0.25) is 0 Å². The molecule has 0 aromatic heterocycles. The summed E-state index contributed by atoms with van der Waals surface area (Å²) in [6.07, 6.45) is 0. The summed E-state index contributed by atoms with van der Waals surface area (Å²) in [5.74, 6) is -0.323. The van der Waals surface area contributed by atoms with Crippen molar-refractivity contribution in [3.63, 3.8) is 0 Å². The predicted molar refractivity (Wildman–Crippen MR) is 100 cm³/mol. The molecule has 0 fully saturated rings. The highest BCUT2D eigenvalue weighted by Crippen LogP contribution is 2.14. The first-order valence-corrected chi connectivity index (χ1v) is 8.37. The van der Waals surface area contributed by atoms with Crippen LogP contribution in [0.2, 0.25) is 0 Å². The third-order valence-corrected chi connectivity index (χ3v) is 3.65. The van der Waals surface area contributed by atoms with Gasteiger partial charge in [-0.25, -0.2) is 0 Å². The van der Waals surface area contributed by atoms with Crippen molar-refractivity contribution in [2.24, 2.45) is 0 Å². The molecule has 2 aromatic carbocycles. The molecule has 0 radical (unpaired) electrons. The van der Waals surface area contributed by atoms with Gasteiger partial charge in [0.15, 0.2) is 13.1 Å². The van der Waals surface area contributed by atoms with E-state index in [1.54, 1.807) is 68.8 Å². The summed E-state index contributed by atoms with van der Waals surface area (Å²) in [6, 6.07) is 15.5. The zero-order chi connectivity index (χ0) is 19.6. The largest absolute Gasteiger partial charge is 0.497 e. The van der Waals surface area contributed by atoms with Crippen molar-refractivity contribution in [3.8, 4) is 5.75 Å². The van der Waals surface area contributed by atoms with E-state index in [2.05, 4.69) is 16.2 Å². The number of hydrogen-bond donors (Lipinski definition) is 4. The molecular weight excluding hydrogens is 348 g/mol. The van der Waals surface area contributed by atoms with Crippen molar-refractivity contribution in [2.45, 2.75) is 0 Å². The number of carbonyl (C=O) groups excluding carboxylic acids is 3. The standard InChI is InChI=1S/C19H22N4O4/c1-23(12-17(24)20-15-8-10-16(27-2)11-9-15)13-18(25)21-22-19(26)14-6-4-3-5-7-14/h3-11H,12-13H2,1-2H3,(H,20,24)(H,21,25)(H,22,26)/p+1.